The number of carbonyl (C=O) groups is 2. The first-order valence-electron chi connectivity index (χ1n) is 9.03. The molecule has 0 aromatic heterocycles. The molecule has 0 unspecified atom stereocenters. The lowest BCUT2D eigenvalue weighted by Gasteiger charge is -2.11. The lowest BCUT2D eigenvalue weighted by molar-refractivity contribution is 0.0657. The maximum atomic E-state index is 12.4. The van der Waals surface area contributed by atoms with Gasteiger partial charge in [0.05, 0.1) is 12.7 Å². The quantitative estimate of drug-likeness (QED) is 0.677. The number of anilines is 2. The van der Waals surface area contributed by atoms with Crippen molar-refractivity contribution in [1.29, 1.82) is 0 Å². The Labute approximate surface area is 160 Å². The highest BCUT2D eigenvalue weighted by atomic mass is 16.5. The average molecular weight is 369 g/mol. The van der Waals surface area contributed by atoms with E-state index in [0.717, 1.165) is 5.56 Å². The van der Waals surface area contributed by atoms with E-state index in [2.05, 4.69) is 16.0 Å². The number of amides is 3. The largest absolute Gasteiger partial charge is 0.374 e. The van der Waals surface area contributed by atoms with Crippen LogP contribution in [-0.2, 0) is 11.3 Å². The third-order valence-corrected chi connectivity index (χ3v) is 3.59. The Morgan fingerprint density at radius 3 is 2.26 bits per heavy atom. The zero-order valence-corrected chi connectivity index (χ0v) is 16.2. The van der Waals surface area contributed by atoms with E-state index in [9.17, 15) is 9.59 Å². The van der Waals surface area contributed by atoms with Gasteiger partial charge in [0.2, 0.25) is 0 Å². The number of hydrogen-bond acceptors (Lipinski definition) is 3. The van der Waals surface area contributed by atoms with E-state index in [1.54, 1.807) is 24.3 Å². The number of urea groups is 1. The fourth-order valence-corrected chi connectivity index (χ4v) is 2.34. The molecule has 0 bridgehead atoms. The second-order valence-corrected chi connectivity index (χ2v) is 6.84. The maximum Gasteiger partial charge on any atom is 0.319 e. The smallest absolute Gasteiger partial charge is 0.319 e. The number of ether oxygens (including phenoxy) is 1. The number of rotatable bonds is 7. The van der Waals surface area contributed by atoms with Crippen LogP contribution in [0.15, 0.2) is 48.5 Å². The van der Waals surface area contributed by atoms with Gasteiger partial charge in [-0.15, -0.1) is 0 Å². The second kappa shape index (κ2) is 9.73. The zero-order chi connectivity index (χ0) is 19.8. The van der Waals surface area contributed by atoms with Crippen molar-refractivity contribution in [1.82, 2.24) is 5.32 Å². The van der Waals surface area contributed by atoms with Gasteiger partial charge in [-0.2, -0.15) is 0 Å². The molecule has 144 valence electrons. The predicted octanol–water partition coefficient (Wildman–Crippen LogP) is 4.39. The number of hydrogen-bond donors (Lipinski definition) is 3. The molecule has 0 atom stereocenters. The van der Waals surface area contributed by atoms with E-state index in [1.807, 2.05) is 52.0 Å². The lowest BCUT2D eigenvalue weighted by Crippen LogP contribution is -2.34. The summed E-state index contributed by atoms with van der Waals surface area (Å²) in [7, 11) is 0. The topological polar surface area (TPSA) is 79.5 Å². The SMILES string of the molecule is CC(C)NC(=O)Nc1ccc(C(=O)Nc2cccc(COC(C)C)c2)cc1. The second-order valence-electron chi connectivity index (χ2n) is 6.84. The third-order valence-electron chi connectivity index (χ3n) is 3.59. The van der Waals surface area contributed by atoms with Gasteiger partial charge in [-0.1, -0.05) is 12.1 Å². The van der Waals surface area contributed by atoms with E-state index < -0.39 is 0 Å². The third kappa shape index (κ3) is 7.11. The van der Waals surface area contributed by atoms with E-state index in [0.29, 0.717) is 23.5 Å². The van der Waals surface area contributed by atoms with Gasteiger partial charge in [-0.05, 0) is 69.7 Å². The molecular weight excluding hydrogens is 342 g/mol. The molecule has 3 N–H and O–H groups in total. The molecular formula is C21H27N3O3. The van der Waals surface area contributed by atoms with Crippen LogP contribution in [0.5, 0.6) is 0 Å². The molecule has 0 spiro atoms. The van der Waals surface area contributed by atoms with E-state index in [1.165, 1.54) is 0 Å². The summed E-state index contributed by atoms with van der Waals surface area (Å²) in [5, 5.41) is 8.35. The summed E-state index contributed by atoms with van der Waals surface area (Å²) in [6, 6.07) is 14.1. The van der Waals surface area contributed by atoms with Crippen LogP contribution < -0.4 is 16.0 Å². The van der Waals surface area contributed by atoms with Gasteiger partial charge < -0.3 is 20.7 Å². The van der Waals surface area contributed by atoms with Crippen molar-refractivity contribution in [2.45, 2.75) is 46.4 Å². The molecule has 0 saturated carbocycles. The Balaban J connectivity index is 1.96. The van der Waals surface area contributed by atoms with Crippen LogP contribution in [0.1, 0.15) is 43.6 Å². The summed E-state index contributed by atoms with van der Waals surface area (Å²) < 4.78 is 5.59. The average Bonchev–Trinajstić information content (AvgIpc) is 2.60. The first-order chi connectivity index (χ1) is 12.8. The predicted molar refractivity (Wildman–Crippen MR) is 108 cm³/mol. The summed E-state index contributed by atoms with van der Waals surface area (Å²) in [6.45, 7) is 8.24. The van der Waals surface area contributed by atoms with Gasteiger partial charge in [-0.3, -0.25) is 4.79 Å². The Kier molecular flexibility index (Phi) is 7.37. The van der Waals surface area contributed by atoms with Crippen LogP contribution in [-0.4, -0.2) is 24.1 Å². The summed E-state index contributed by atoms with van der Waals surface area (Å²) >= 11 is 0. The molecule has 6 nitrogen and oxygen atoms in total. The van der Waals surface area contributed by atoms with E-state index in [4.69, 9.17) is 4.74 Å². The molecule has 0 heterocycles. The van der Waals surface area contributed by atoms with Gasteiger partial charge >= 0.3 is 6.03 Å². The first-order valence-corrected chi connectivity index (χ1v) is 9.03. The fourth-order valence-electron chi connectivity index (χ4n) is 2.34. The first kappa shape index (κ1) is 20.5. The highest BCUT2D eigenvalue weighted by Gasteiger charge is 2.08. The molecule has 0 aliphatic carbocycles. The van der Waals surface area contributed by atoms with Crippen molar-refractivity contribution < 1.29 is 14.3 Å². The van der Waals surface area contributed by atoms with Crippen LogP contribution in [0.2, 0.25) is 0 Å². The molecule has 0 aliphatic heterocycles. The Bertz CT molecular complexity index is 770. The normalized spacial score (nSPS) is 10.7. The zero-order valence-electron chi connectivity index (χ0n) is 16.2. The standard InChI is InChI=1S/C21H27N3O3/c1-14(2)22-21(26)24-18-10-8-17(9-11-18)20(25)23-19-7-5-6-16(12-19)13-27-15(3)4/h5-12,14-15H,13H2,1-4H3,(H,23,25)(H2,22,24,26). The Hall–Kier alpha value is -2.86. The van der Waals surface area contributed by atoms with Gasteiger partial charge in [-0.25, -0.2) is 4.79 Å². The monoisotopic (exact) mass is 369 g/mol. The van der Waals surface area contributed by atoms with E-state index in [-0.39, 0.29) is 24.1 Å². The molecule has 3 amide bonds. The number of benzene rings is 2. The molecule has 0 aliphatic rings. The molecule has 2 aromatic carbocycles. The van der Waals surface area contributed by atoms with Crippen molar-refractivity contribution in [2.24, 2.45) is 0 Å². The van der Waals surface area contributed by atoms with Gasteiger partial charge in [0, 0.05) is 23.0 Å². The number of nitrogens with one attached hydrogen (secondary N) is 3. The summed E-state index contributed by atoms with van der Waals surface area (Å²) in [4.78, 5) is 24.1. The minimum absolute atomic E-state index is 0.0525. The molecule has 27 heavy (non-hydrogen) atoms. The molecule has 2 rings (SSSR count). The van der Waals surface area contributed by atoms with Gasteiger partial charge in [0.15, 0.2) is 0 Å². The van der Waals surface area contributed by atoms with Crippen molar-refractivity contribution >= 4 is 23.3 Å². The van der Waals surface area contributed by atoms with Gasteiger partial charge in [0.1, 0.15) is 0 Å². The summed E-state index contributed by atoms with van der Waals surface area (Å²) in [5.41, 5.74) is 2.84. The minimum atomic E-state index is -0.275. The number of carbonyl (C=O) groups excluding carboxylic acids is 2. The van der Waals surface area contributed by atoms with Crippen LogP contribution in [0.4, 0.5) is 16.2 Å². The molecule has 2 aromatic rings. The molecule has 0 radical (unpaired) electrons. The van der Waals surface area contributed by atoms with Crippen LogP contribution in [0.25, 0.3) is 0 Å². The highest BCUT2D eigenvalue weighted by Crippen LogP contribution is 2.15. The molecule has 0 fully saturated rings. The maximum absolute atomic E-state index is 12.4. The van der Waals surface area contributed by atoms with E-state index >= 15 is 0 Å². The Morgan fingerprint density at radius 1 is 0.926 bits per heavy atom. The van der Waals surface area contributed by atoms with Crippen LogP contribution in [0.3, 0.4) is 0 Å². The Morgan fingerprint density at radius 2 is 1.63 bits per heavy atom. The van der Waals surface area contributed by atoms with Crippen molar-refractivity contribution in [3.8, 4) is 0 Å². The van der Waals surface area contributed by atoms with Crippen molar-refractivity contribution in [3.05, 3.63) is 59.7 Å². The molecule has 6 heteroatoms. The van der Waals surface area contributed by atoms with Crippen molar-refractivity contribution in [3.63, 3.8) is 0 Å². The summed E-state index contributed by atoms with van der Waals surface area (Å²) in [6.07, 6.45) is 0.151. The molecule has 0 saturated heterocycles. The van der Waals surface area contributed by atoms with Gasteiger partial charge in [0.25, 0.3) is 5.91 Å². The lowest BCUT2D eigenvalue weighted by atomic mass is 10.1. The summed E-state index contributed by atoms with van der Waals surface area (Å²) in [5.74, 6) is -0.213. The minimum Gasteiger partial charge on any atom is -0.374 e. The highest BCUT2D eigenvalue weighted by molar-refractivity contribution is 6.04. The van der Waals surface area contributed by atoms with Crippen LogP contribution >= 0.6 is 0 Å². The van der Waals surface area contributed by atoms with Crippen LogP contribution in [0, 0.1) is 0 Å². The fraction of sp³-hybridized carbons (Fsp3) is 0.333. The van der Waals surface area contributed by atoms with Crippen molar-refractivity contribution in [2.75, 3.05) is 10.6 Å².